The maximum Gasteiger partial charge on any atom is 0.341 e. The van der Waals surface area contributed by atoms with Crippen molar-refractivity contribution in [2.45, 2.75) is 39.4 Å². The molecule has 0 atom stereocenters. The van der Waals surface area contributed by atoms with Crippen LogP contribution in [-0.4, -0.2) is 39.0 Å². The molecule has 9 heteroatoms. The summed E-state index contributed by atoms with van der Waals surface area (Å²) >= 11 is 2.66. The van der Waals surface area contributed by atoms with Crippen LogP contribution in [0.4, 0.5) is 5.00 Å². The van der Waals surface area contributed by atoms with Gasteiger partial charge in [-0.15, -0.1) is 28.1 Å². The molecule has 2 heterocycles. The second-order valence-corrected chi connectivity index (χ2v) is 9.29. The summed E-state index contributed by atoms with van der Waals surface area (Å²) in [5.41, 5.74) is 3.33. The number of thiophene rings is 1. The Balaban J connectivity index is 1.75. The minimum Gasteiger partial charge on any atom is -0.462 e. The summed E-state index contributed by atoms with van der Waals surface area (Å²) in [6.45, 7) is 12.2. The van der Waals surface area contributed by atoms with Crippen LogP contribution < -0.4 is 5.32 Å². The molecule has 0 spiro atoms. The quantitative estimate of drug-likeness (QED) is 0.268. The number of ether oxygens (including phenoxy) is 1. The maximum atomic E-state index is 12.7. The number of aryl methyl sites for hydroxylation is 2. The monoisotopic (exact) mass is 470 g/mol. The van der Waals surface area contributed by atoms with Gasteiger partial charge in [-0.1, -0.05) is 41.6 Å². The minimum absolute atomic E-state index is 0.126. The zero-order valence-corrected chi connectivity index (χ0v) is 20.2. The van der Waals surface area contributed by atoms with E-state index in [2.05, 4.69) is 22.1 Å². The highest BCUT2D eigenvalue weighted by Crippen LogP contribution is 2.33. The van der Waals surface area contributed by atoms with Gasteiger partial charge in [-0.05, 0) is 39.3 Å². The van der Waals surface area contributed by atoms with Crippen LogP contribution >= 0.6 is 23.1 Å². The van der Waals surface area contributed by atoms with Crippen LogP contribution in [0.15, 0.2) is 42.1 Å². The predicted molar refractivity (Wildman–Crippen MR) is 129 cm³/mol. The lowest BCUT2D eigenvalue weighted by Crippen LogP contribution is -2.17. The molecule has 0 fully saturated rings. The van der Waals surface area contributed by atoms with Crippen LogP contribution in [0, 0.1) is 20.8 Å². The van der Waals surface area contributed by atoms with Gasteiger partial charge in [0.25, 0.3) is 0 Å². The summed E-state index contributed by atoms with van der Waals surface area (Å²) in [5, 5.41) is 12.6. The number of thioether (sulfide) groups is 1. The predicted octanol–water partition coefficient (Wildman–Crippen LogP) is 5.03. The topological polar surface area (TPSA) is 86.1 Å². The fraction of sp³-hybridized carbons (Fsp3) is 0.304. The number of nitrogens with zero attached hydrogens (tertiary/aromatic N) is 3. The van der Waals surface area contributed by atoms with E-state index in [0.29, 0.717) is 22.3 Å². The first-order valence-corrected chi connectivity index (χ1v) is 12.0. The van der Waals surface area contributed by atoms with Crippen molar-refractivity contribution in [1.29, 1.82) is 0 Å². The number of aromatic nitrogens is 3. The first kappa shape index (κ1) is 23.7. The van der Waals surface area contributed by atoms with Gasteiger partial charge in [-0.3, -0.25) is 9.36 Å². The summed E-state index contributed by atoms with van der Waals surface area (Å²) in [6, 6.07) is 8.03. The zero-order chi connectivity index (χ0) is 23.3. The molecule has 3 rings (SSSR count). The highest BCUT2D eigenvalue weighted by Gasteiger charge is 2.22. The van der Waals surface area contributed by atoms with Crippen molar-refractivity contribution in [3.63, 3.8) is 0 Å². The molecule has 0 aliphatic carbocycles. The summed E-state index contributed by atoms with van der Waals surface area (Å²) < 4.78 is 7.08. The van der Waals surface area contributed by atoms with E-state index in [1.165, 1.54) is 23.1 Å². The molecule has 0 saturated heterocycles. The fourth-order valence-electron chi connectivity index (χ4n) is 3.14. The molecule has 3 aromatic rings. The number of rotatable bonds is 9. The first-order valence-electron chi connectivity index (χ1n) is 10.2. The number of carbonyl (C=O) groups excluding carboxylic acids is 2. The zero-order valence-electron chi connectivity index (χ0n) is 18.6. The van der Waals surface area contributed by atoms with E-state index in [4.69, 9.17) is 4.74 Å². The van der Waals surface area contributed by atoms with Crippen molar-refractivity contribution < 1.29 is 14.3 Å². The average molecular weight is 471 g/mol. The molecule has 0 aliphatic rings. The number of hydrogen-bond acceptors (Lipinski definition) is 7. The van der Waals surface area contributed by atoms with Gasteiger partial charge in [0, 0.05) is 17.0 Å². The van der Waals surface area contributed by atoms with E-state index in [0.717, 1.165) is 27.4 Å². The summed E-state index contributed by atoms with van der Waals surface area (Å²) in [6.07, 6.45) is 1.77. The fourth-order valence-corrected chi connectivity index (χ4v) is 4.96. The van der Waals surface area contributed by atoms with E-state index in [-0.39, 0.29) is 18.3 Å². The van der Waals surface area contributed by atoms with E-state index in [1.54, 1.807) is 13.0 Å². The third kappa shape index (κ3) is 5.28. The molecule has 32 heavy (non-hydrogen) atoms. The van der Waals surface area contributed by atoms with Gasteiger partial charge in [0.05, 0.1) is 17.9 Å². The molecule has 168 valence electrons. The lowest BCUT2D eigenvalue weighted by Gasteiger charge is -2.09. The lowest BCUT2D eigenvalue weighted by molar-refractivity contribution is -0.113. The Bertz CT molecular complexity index is 1150. The van der Waals surface area contributed by atoms with Crippen LogP contribution in [0.25, 0.3) is 11.4 Å². The third-order valence-corrected chi connectivity index (χ3v) is 6.84. The van der Waals surface area contributed by atoms with Gasteiger partial charge in [-0.2, -0.15) is 0 Å². The Hall–Kier alpha value is -2.91. The van der Waals surface area contributed by atoms with Gasteiger partial charge in [0.1, 0.15) is 5.00 Å². The van der Waals surface area contributed by atoms with Crippen molar-refractivity contribution in [2.75, 3.05) is 17.7 Å². The highest BCUT2D eigenvalue weighted by atomic mass is 32.2. The lowest BCUT2D eigenvalue weighted by atomic mass is 10.1. The Labute approximate surface area is 195 Å². The number of amides is 1. The van der Waals surface area contributed by atoms with Crippen LogP contribution in [0.2, 0.25) is 0 Å². The molecular formula is C23H26N4O3S2. The summed E-state index contributed by atoms with van der Waals surface area (Å²) in [4.78, 5) is 26.0. The van der Waals surface area contributed by atoms with Gasteiger partial charge in [0.15, 0.2) is 11.0 Å². The van der Waals surface area contributed by atoms with Crippen molar-refractivity contribution in [3.05, 3.63) is 58.5 Å². The van der Waals surface area contributed by atoms with Crippen molar-refractivity contribution in [1.82, 2.24) is 14.8 Å². The average Bonchev–Trinajstić information content (AvgIpc) is 3.27. The molecule has 0 saturated carbocycles. The normalized spacial score (nSPS) is 10.8. The molecule has 0 radical (unpaired) electrons. The Kier molecular flexibility index (Phi) is 7.87. The molecule has 0 aliphatic heterocycles. The van der Waals surface area contributed by atoms with Gasteiger partial charge < -0.3 is 10.1 Å². The summed E-state index contributed by atoms with van der Waals surface area (Å²) in [7, 11) is 0. The highest BCUT2D eigenvalue weighted by molar-refractivity contribution is 7.99. The van der Waals surface area contributed by atoms with Gasteiger partial charge >= 0.3 is 5.97 Å². The van der Waals surface area contributed by atoms with Gasteiger partial charge in [0.2, 0.25) is 5.91 Å². The van der Waals surface area contributed by atoms with Crippen LogP contribution in [0.1, 0.15) is 33.3 Å². The number of hydrogen-bond donors (Lipinski definition) is 1. The number of carbonyl (C=O) groups is 2. The second-order valence-electron chi connectivity index (χ2n) is 7.12. The SMILES string of the molecule is C=CCn1c(SCC(=O)Nc2sc(C)c(C)c2C(=O)OCC)nnc1-c1cccc(C)c1. The third-order valence-electron chi connectivity index (χ3n) is 4.75. The molecular weight excluding hydrogens is 444 g/mol. The van der Waals surface area contributed by atoms with Crippen molar-refractivity contribution in [2.24, 2.45) is 0 Å². The van der Waals surface area contributed by atoms with E-state index in [1.807, 2.05) is 49.6 Å². The first-order chi connectivity index (χ1) is 15.3. The Morgan fingerprint density at radius 2 is 2.06 bits per heavy atom. The Morgan fingerprint density at radius 1 is 1.28 bits per heavy atom. The second kappa shape index (κ2) is 10.6. The van der Waals surface area contributed by atoms with Crippen LogP contribution in [0.3, 0.4) is 0 Å². The maximum absolute atomic E-state index is 12.7. The molecule has 0 unspecified atom stereocenters. The largest absolute Gasteiger partial charge is 0.462 e. The van der Waals surface area contributed by atoms with Gasteiger partial charge in [-0.25, -0.2) is 4.79 Å². The van der Waals surface area contributed by atoms with E-state index >= 15 is 0 Å². The number of esters is 1. The Morgan fingerprint density at radius 3 is 2.75 bits per heavy atom. The van der Waals surface area contributed by atoms with Crippen LogP contribution in [0.5, 0.6) is 0 Å². The van der Waals surface area contributed by atoms with E-state index in [9.17, 15) is 9.59 Å². The van der Waals surface area contributed by atoms with Crippen molar-refractivity contribution in [3.8, 4) is 11.4 Å². The number of benzene rings is 1. The smallest absolute Gasteiger partial charge is 0.341 e. The number of anilines is 1. The summed E-state index contributed by atoms with van der Waals surface area (Å²) in [5.74, 6) is 0.199. The van der Waals surface area contributed by atoms with Crippen LogP contribution in [-0.2, 0) is 16.1 Å². The molecule has 7 nitrogen and oxygen atoms in total. The standard InChI is InChI=1S/C23H26N4O3S2/c1-6-11-27-20(17-10-8-9-14(3)12-17)25-26-23(27)31-13-18(28)24-21-19(22(29)30-7-2)15(4)16(5)32-21/h6,8-10,12H,1,7,11,13H2,2-5H3,(H,24,28). The minimum atomic E-state index is -0.425. The number of allylic oxidation sites excluding steroid dienone is 1. The molecule has 2 aromatic heterocycles. The van der Waals surface area contributed by atoms with E-state index < -0.39 is 5.97 Å². The molecule has 1 N–H and O–H groups in total. The van der Waals surface area contributed by atoms with Crippen molar-refractivity contribution >= 4 is 40.0 Å². The number of nitrogens with one attached hydrogen (secondary N) is 1. The molecule has 1 amide bonds. The molecule has 0 bridgehead atoms. The molecule has 1 aromatic carbocycles.